The molecule has 148 valence electrons. The van der Waals surface area contributed by atoms with Crippen LogP contribution in [0.4, 0.5) is 11.5 Å². The Morgan fingerprint density at radius 3 is 2.64 bits per heavy atom. The van der Waals surface area contributed by atoms with Crippen LogP contribution in [0.15, 0.2) is 30.3 Å². The van der Waals surface area contributed by atoms with Crippen LogP contribution in [0.5, 0.6) is 0 Å². The topological polar surface area (TPSA) is 61.4 Å². The van der Waals surface area contributed by atoms with Gasteiger partial charge in [0.2, 0.25) is 5.91 Å². The van der Waals surface area contributed by atoms with Gasteiger partial charge in [0.15, 0.2) is 0 Å². The van der Waals surface area contributed by atoms with Crippen molar-refractivity contribution in [3.63, 3.8) is 0 Å². The van der Waals surface area contributed by atoms with E-state index < -0.39 is 0 Å². The van der Waals surface area contributed by atoms with Gasteiger partial charge in [0.05, 0.1) is 6.54 Å². The van der Waals surface area contributed by atoms with Crippen LogP contribution < -0.4 is 10.2 Å². The lowest BCUT2D eigenvalue weighted by atomic mass is 10.1. The molecule has 1 aliphatic carbocycles. The Morgan fingerprint density at radius 2 is 1.93 bits per heavy atom. The molecule has 1 aromatic heterocycles. The largest absolute Gasteiger partial charge is 0.354 e. The Balaban J connectivity index is 1.31. The number of nitrogens with zero attached hydrogens (tertiary/aromatic N) is 4. The summed E-state index contributed by atoms with van der Waals surface area (Å²) in [4.78, 5) is 26.0. The summed E-state index contributed by atoms with van der Waals surface area (Å²) < 4.78 is 0. The quantitative estimate of drug-likeness (QED) is 0.755. The van der Waals surface area contributed by atoms with Gasteiger partial charge in [0.1, 0.15) is 16.8 Å². The number of anilines is 2. The maximum Gasteiger partial charge on any atom is 0.238 e. The molecule has 2 aromatic rings. The molecular formula is C21H26ClN5O. The number of hydrogen-bond donors (Lipinski definition) is 1. The van der Waals surface area contributed by atoms with Crippen LogP contribution in [-0.4, -0.2) is 53.5 Å². The smallest absolute Gasteiger partial charge is 0.238 e. The second-order valence-electron chi connectivity index (χ2n) is 7.50. The molecule has 0 unspecified atom stereocenters. The van der Waals surface area contributed by atoms with Crippen LogP contribution in [0.3, 0.4) is 0 Å². The number of halogens is 1. The molecule has 1 aromatic carbocycles. The Morgan fingerprint density at radius 1 is 1.18 bits per heavy atom. The van der Waals surface area contributed by atoms with Crippen molar-refractivity contribution in [1.29, 1.82) is 0 Å². The van der Waals surface area contributed by atoms with Gasteiger partial charge in [-0.15, -0.1) is 0 Å². The summed E-state index contributed by atoms with van der Waals surface area (Å²) in [5, 5.41) is 3.57. The maximum atomic E-state index is 12.5. The summed E-state index contributed by atoms with van der Waals surface area (Å²) in [6, 6.07) is 9.82. The fraction of sp³-hybridized carbons (Fsp3) is 0.476. The normalized spacial score (nSPS) is 17.6. The van der Waals surface area contributed by atoms with Gasteiger partial charge in [-0.2, -0.15) is 0 Å². The molecule has 1 amide bonds. The van der Waals surface area contributed by atoms with E-state index in [1.165, 1.54) is 0 Å². The third-order valence-corrected chi connectivity index (χ3v) is 5.57. The molecule has 6 nitrogen and oxygen atoms in total. The van der Waals surface area contributed by atoms with Gasteiger partial charge in [0, 0.05) is 43.9 Å². The van der Waals surface area contributed by atoms with Crippen molar-refractivity contribution in [2.24, 2.45) is 0 Å². The summed E-state index contributed by atoms with van der Waals surface area (Å²) in [6.07, 6.45) is 3.22. The van der Waals surface area contributed by atoms with Crippen LogP contribution >= 0.6 is 11.6 Å². The number of rotatable bonds is 6. The highest BCUT2D eigenvalue weighted by molar-refractivity contribution is 6.29. The van der Waals surface area contributed by atoms with Crippen LogP contribution in [0.2, 0.25) is 5.15 Å². The Labute approximate surface area is 170 Å². The van der Waals surface area contributed by atoms with Crippen LogP contribution in [0, 0.1) is 0 Å². The molecule has 4 rings (SSSR count). The first-order chi connectivity index (χ1) is 13.6. The zero-order chi connectivity index (χ0) is 19.5. The highest BCUT2D eigenvalue weighted by Gasteiger charge is 2.28. The molecule has 1 saturated carbocycles. The molecule has 1 aliphatic heterocycles. The number of carbonyl (C=O) groups excluding carboxylic acids is 1. The summed E-state index contributed by atoms with van der Waals surface area (Å²) in [7, 11) is 0. The third-order valence-electron chi connectivity index (χ3n) is 5.38. The van der Waals surface area contributed by atoms with E-state index in [1.54, 1.807) is 0 Å². The van der Waals surface area contributed by atoms with E-state index in [-0.39, 0.29) is 5.91 Å². The van der Waals surface area contributed by atoms with Crippen molar-refractivity contribution in [1.82, 2.24) is 14.9 Å². The number of carbonyl (C=O) groups is 1. The van der Waals surface area contributed by atoms with E-state index >= 15 is 0 Å². The second kappa shape index (κ2) is 8.45. The summed E-state index contributed by atoms with van der Waals surface area (Å²) in [5.74, 6) is 2.30. The van der Waals surface area contributed by atoms with Gasteiger partial charge in [0.25, 0.3) is 0 Å². The van der Waals surface area contributed by atoms with E-state index in [1.807, 2.05) is 24.3 Å². The molecule has 2 heterocycles. The van der Waals surface area contributed by atoms with Crippen LogP contribution in [0.25, 0.3) is 0 Å². The maximum absolute atomic E-state index is 12.5. The first-order valence-corrected chi connectivity index (χ1v) is 10.4. The predicted octanol–water partition coefficient (Wildman–Crippen LogP) is 3.33. The molecular weight excluding hydrogens is 374 g/mol. The average Bonchev–Trinajstić information content (AvgIpc) is 3.54. The van der Waals surface area contributed by atoms with Crippen LogP contribution in [-0.2, 0) is 11.2 Å². The van der Waals surface area contributed by atoms with Gasteiger partial charge >= 0.3 is 0 Å². The second-order valence-corrected chi connectivity index (χ2v) is 7.89. The van der Waals surface area contributed by atoms with E-state index in [0.717, 1.165) is 68.3 Å². The molecule has 0 bridgehead atoms. The lowest BCUT2D eigenvalue weighted by molar-refractivity contribution is -0.117. The summed E-state index contributed by atoms with van der Waals surface area (Å²) >= 11 is 6.20. The molecule has 2 aliphatic rings. The Bertz CT molecular complexity index is 846. The van der Waals surface area contributed by atoms with Crippen molar-refractivity contribution in [3.05, 3.63) is 46.9 Å². The summed E-state index contributed by atoms with van der Waals surface area (Å²) in [6.45, 7) is 5.81. The first-order valence-electron chi connectivity index (χ1n) is 10.0. The fourth-order valence-corrected chi connectivity index (χ4v) is 3.77. The number of aryl methyl sites for hydroxylation is 1. The van der Waals surface area contributed by atoms with E-state index in [4.69, 9.17) is 16.6 Å². The lowest BCUT2D eigenvalue weighted by Crippen LogP contribution is -2.49. The minimum absolute atomic E-state index is 0.0375. The number of piperazine rings is 1. The number of aromatic nitrogens is 2. The zero-order valence-electron chi connectivity index (χ0n) is 16.2. The molecule has 7 heteroatoms. The van der Waals surface area contributed by atoms with E-state index in [9.17, 15) is 4.79 Å². The molecule has 28 heavy (non-hydrogen) atoms. The molecule has 0 atom stereocenters. The molecule has 2 fully saturated rings. The van der Waals surface area contributed by atoms with E-state index in [2.05, 4.69) is 33.1 Å². The van der Waals surface area contributed by atoms with Crippen molar-refractivity contribution in [2.75, 3.05) is 42.9 Å². The number of nitrogens with one attached hydrogen (secondary N) is 1. The van der Waals surface area contributed by atoms with Gasteiger partial charge in [-0.1, -0.05) is 36.7 Å². The Hall–Kier alpha value is -2.18. The number of para-hydroxylation sites is 1. The monoisotopic (exact) mass is 399 g/mol. The molecule has 1 N–H and O–H groups in total. The average molecular weight is 400 g/mol. The first kappa shape index (κ1) is 19.2. The molecule has 1 saturated heterocycles. The van der Waals surface area contributed by atoms with E-state index in [0.29, 0.717) is 17.6 Å². The highest BCUT2D eigenvalue weighted by Crippen LogP contribution is 2.39. The van der Waals surface area contributed by atoms with Gasteiger partial charge in [-0.25, -0.2) is 9.97 Å². The minimum Gasteiger partial charge on any atom is -0.354 e. The van der Waals surface area contributed by atoms with Gasteiger partial charge in [-0.3, -0.25) is 9.69 Å². The van der Waals surface area contributed by atoms with Crippen molar-refractivity contribution in [2.45, 2.75) is 32.1 Å². The molecule has 0 radical (unpaired) electrons. The standard InChI is InChI=1S/C21H26ClN5O/c1-2-15-5-3-4-6-17(15)23-20(28)14-26-9-11-27(12-10-26)19-13-18(22)24-21(25-19)16-7-8-16/h3-6,13,16H,2,7-12,14H2,1H3,(H,23,28). The van der Waals surface area contributed by atoms with Crippen molar-refractivity contribution < 1.29 is 4.79 Å². The summed E-state index contributed by atoms with van der Waals surface area (Å²) in [5.41, 5.74) is 2.07. The predicted molar refractivity (Wildman–Crippen MR) is 112 cm³/mol. The van der Waals surface area contributed by atoms with Crippen molar-refractivity contribution >= 4 is 29.0 Å². The highest BCUT2D eigenvalue weighted by atomic mass is 35.5. The van der Waals surface area contributed by atoms with Crippen molar-refractivity contribution in [3.8, 4) is 0 Å². The number of hydrogen-bond acceptors (Lipinski definition) is 5. The SMILES string of the molecule is CCc1ccccc1NC(=O)CN1CCN(c2cc(Cl)nc(C3CC3)n2)CC1. The molecule has 0 spiro atoms. The third kappa shape index (κ3) is 4.62. The van der Waals surface area contributed by atoms with Gasteiger partial charge < -0.3 is 10.2 Å². The zero-order valence-corrected chi connectivity index (χ0v) is 17.0. The van der Waals surface area contributed by atoms with Crippen LogP contribution in [0.1, 0.15) is 37.1 Å². The lowest BCUT2D eigenvalue weighted by Gasteiger charge is -2.35. The fourth-order valence-electron chi connectivity index (χ4n) is 3.59. The minimum atomic E-state index is 0.0375. The number of amides is 1. The Kier molecular flexibility index (Phi) is 5.78. The van der Waals surface area contributed by atoms with Gasteiger partial charge in [-0.05, 0) is 30.9 Å². The number of benzene rings is 1.